The molecular weight excluding hydrogens is 504 g/mol. The van der Waals surface area contributed by atoms with Gasteiger partial charge in [0.2, 0.25) is 9.84 Å². The second-order valence-electron chi connectivity index (χ2n) is 7.55. The van der Waals surface area contributed by atoms with Crippen LogP contribution in [0.4, 0.5) is 13.6 Å². The van der Waals surface area contributed by atoms with Crippen LogP contribution in [0.15, 0.2) is 82.6 Å². The molecular formula is C24H22ClF2NO6S. The Bertz CT molecular complexity index is 1250. The van der Waals surface area contributed by atoms with E-state index in [-0.39, 0.29) is 35.1 Å². The summed E-state index contributed by atoms with van der Waals surface area (Å²) in [4.78, 5) is 12.6. The highest BCUT2D eigenvalue weighted by atomic mass is 35.5. The molecule has 0 spiro atoms. The van der Waals surface area contributed by atoms with Crippen LogP contribution in [0.5, 0.6) is 5.75 Å². The summed E-state index contributed by atoms with van der Waals surface area (Å²) in [6, 6.07) is 17.1. The lowest BCUT2D eigenvalue weighted by molar-refractivity contribution is -0.0498. The Balaban J connectivity index is 1.65. The number of carbonyl (C=O) groups is 1. The van der Waals surface area contributed by atoms with Gasteiger partial charge in [0, 0.05) is 11.6 Å². The molecule has 0 aliphatic rings. The number of rotatable bonds is 10. The second kappa shape index (κ2) is 11.5. The predicted molar refractivity (Wildman–Crippen MR) is 125 cm³/mol. The van der Waals surface area contributed by atoms with E-state index in [1.165, 1.54) is 24.3 Å². The predicted octanol–water partition coefficient (Wildman–Crippen LogP) is 5.03. The highest BCUT2D eigenvalue weighted by Crippen LogP contribution is 2.24. The van der Waals surface area contributed by atoms with Crippen LogP contribution >= 0.6 is 11.6 Å². The topological polar surface area (TPSA) is 104 Å². The lowest BCUT2D eigenvalue weighted by Gasteiger charge is -2.23. The molecule has 0 fully saturated rings. The zero-order valence-corrected chi connectivity index (χ0v) is 19.8. The molecule has 3 rings (SSSR count). The first kappa shape index (κ1) is 26.4. The molecule has 0 unspecified atom stereocenters. The first-order chi connectivity index (χ1) is 16.6. The van der Waals surface area contributed by atoms with Crippen molar-refractivity contribution in [2.75, 3.05) is 13.1 Å². The third-order valence-electron chi connectivity index (χ3n) is 5.16. The van der Waals surface area contributed by atoms with E-state index in [0.29, 0.717) is 16.1 Å². The molecule has 3 aromatic carbocycles. The SMILES string of the molecule is O=C(O)N(CCc1ccc(S(=O)(=O)c2ccc(OC(F)F)cc2)cc1)C[C@H](O)c1cccc(Cl)c1. The van der Waals surface area contributed by atoms with E-state index in [2.05, 4.69) is 4.74 Å². The Morgan fingerprint density at radius 2 is 1.60 bits per heavy atom. The molecule has 0 saturated heterocycles. The third kappa shape index (κ3) is 7.14. The van der Waals surface area contributed by atoms with Gasteiger partial charge in [0.25, 0.3) is 0 Å². The molecule has 186 valence electrons. The quantitative estimate of drug-likeness (QED) is 0.385. The van der Waals surface area contributed by atoms with Gasteiger partial charge >= 0.3 is 12.7 Å². The first-order valence-corrected chi connectivity index (χ1v) is 12.2. The summed E-state index contributed by atoms with van der Waals surface area (Å²) in [6.45, 7) is -3.10. The molecule has 0 heterocycles. The standard InChI is InChI=1S/C24H22ClF2NO6S/c25-18-3-1-2-17(14-18)22(29)15-28(24(30)31)13-12-16-4-8-20(9-5-16)35(32,33)21-10-6-19(7-11-21)34-23(26)27/h1-11,14,22-23,29H,12-13,15H2,(H,30,31)/t22-/m0/s1. The van der Waals surface area contributed by atoms with Gasteiger partial charge in [-0.1, -0.05) is 35.9 Å². The third-order valence-corrected chi connectivity index (χ3v) is 7.18. The maximum Gasteiger partial charge on any atom is 0.407 e. The number of sulfone groups is 1. The van der Waals surface area contributed by atoms with E-state index in [4.69, 9.17) is 11.6 Å². The zero-order valence-electron chi connectivity index (χ0n) is 18.2. The number of aliphatic hydroxyl groups excluding tert-OH is 1. The van der Waals surface area contributed by atoms with Gasteiger partial charge in [-0.25, -0.2) is 13.2 Å². The molecule has 0 saturated carbocycles. The number of hydrogen-bond donors (Lipinski definition) is 2. The van der Waals surface area contributed by atoms with Gasteiger partial charge < -0.3 is 19.8 Å². The summed E-state index contributed by atoms with van der Waals surface area (Å²) >= 11 is 5.92. The van der Waals surface area contributed by atoms with Crippen LogP contribution < -0.4 is 4.74 Å². The highest BCUT2D eigenvalue weighted by molar-refractivity contribution is 7.91. The number of amides is 1. The Morgan fingerprint density at radius 3 is 2.14 bits per heavy atom. The minimum absolute atomic E-state index is 0.00440. The number of halogens is 3. The minimum Gasteiger partial charge on any atom is -0.465 e. The number of benzene rings is 3. The summed E-state index contributed by atoms with van der Waals surface area (Å²) in [5.41, 5.74) is 1.18. The molecule has 35 heavy (non-hydrogen) atoms. The largest absolute Gasteiger partial charge is 0.465 e. The normalized spacial score (nSPS) is 12.4. The van der Waals surface area contributed by atoms with Crippen molar-refractivity contribution in [1.82, 2.24) is 4.90 Å². The van der Waals surface area contributed by atoms with Crippen LogP contribution in [-0.2, 0) is 16.3 Å². The Kier molecular flexibility index (Phi) is 8.66. The van der Waals surface area contributed by atoms with Crippen molar-refractivity contribution in [3.63, 3.8) is 0 Å². The van der Waals surface area contributed by atoms with E-state index in [0.717, 1.165) is 17.0 Å². The van der Waals surface area contributed by atoms with E-state index in [1.54, 1.807) is 36.4 Å². The van der Waals surface area contributed by atoms with Crippen molar-refractivity contribution in [2.45, 2.75) is 28.9 Å². The van der Waals surface area contributed by atoms with Crippen LogP contribution in [0, 0.1) is 0 Å². The average molecular weight is 526 g/mol. The van der Waals surface area contributed by atoms with Crippen molar-refractivity contribution >= 4 is 27.5 Å². The molecule has 3 aromatic rings. The second-order valence-corrected chi connectivity index (χ2v) is 9.93. The molecule has 2 N–H and O–H groups in total. The number of ether oxygens (including phenoxy) is 1. The molecule has 1 atom stereocenters. The fraction of sp³-hybridized carbons (Fsp3) is 0.208. The van der Waals surface area contributed by atoms with Gasteiger partial charge in [0.15, 0.2) is 0 Å². The van der Waals surface area contributed by atoms with Crippen LogP contribution in [0.1, 0.15) is 17.2 Å². The number of alkyl halides is 2. The maximum atomic E-state index is 12.8. The molecule has 0 aromatic heterocycles. The fourth-order valence-electron chi connectivity index (χ4n) is 3.33. The van der Waals surface area contributed by atoms with E-state index in [1.807, 2.05) is 0 Å². The van der Waals surface area contributed by atoms with Crippen molar-refractivity contribution in [2.24, 2.45) is 0 Å². The molecule has 0 radical (unpaired) electrons. The molecule has 0 bridgehead atoms. The number of aliphatic hydroxyl groups is 1. The minimum atomic E-state index is -3.89. The van der Waals surface area contributed by atoms with Crippen molar-refractivity contribution in [1.29, 1.82) is 0 Å². The average Bonchev–Trinajstić information content (AvgIpc) is 2.81. The lowest BCUT2D eigenvalue weighted by Crippen LogP contribution is -2.35. The smallest absolute Gasteiger partial charge is 0.407 e. The Hall–Kier alpha value is -3.21. The van der Waals surface area contributed by atoms with Gasteiger partial charge in [-0.05, 0) is 66.1 Å². The molecule has 7 nitrogen and oxygen atoms in total. The number of carboxylic acid groups (broad SMARTS) is 1. The zero-order chi connectivity index (χ0) is 25.6. The van der Waals surface area contributed by atoms with Crippen molar-refractivity contribution in [3.05, 3.63) is 88.9 Å². The summed E-state index contributed by atoms with van der Waals surface area (Å²) < 4.78 is 54.4. The van der Waals surface area contributed by atoms with E-state index in [9.17, 15) is 32.2 Å². The van der Waals surface area contributed by atoms with Crippen LogP contribution in [-0.4, -0.2) is 49.3 Å². The summed E-state index contributed by atoms with van der Waals surface area (Å²) in [6.07, 6.45) is -1.98. The monoisotopic (exact) mass is 525 g/mol. The summed E-state index contributed by atoms with van der Waals surface area (Å²) in [5, 5.41) is 20.3. The van der Waals surface area contributed by atoms with Crippen molar-refractivity contribution in [3.8, 4) is 5.75 Å². The lowest BCUT2D eigenvalue weighted by atomic mass is 10.1. The van der Waals surface area contributed by atoms with E-state index >= 15 is 0 Å². The van der Waals surface area contributed by atoms with Gasteiger partial charge in [-0.3, -0.25) is 0 Å². The first-order valence-electron chi connectivity index (χ1n) is 10.4. The molecule has 0 aliphatic carbocycles. The van der Waals surface area contributed by atoms with Crippen molar-refractivity contribution < 1.29 is 36.9 Å². The fourth-order valence-corrected chi connectivity index (χ4v) is 4.79. The van der Waals surface area contributed by atoms with Gasteiger partial charge in [0.1, 0.15) is 5.75 Å². The van der Waals surface area contributed by atoms with Crippen LogP contribution in [0.3, 0.4) is 0 Å². The van der Waals surface area contributed by atoms with Gasteiger partial charge in [0.05, 0.1) is 22.4 Å². The van der Waals surface area contributed by atoms with Gasteiger partial charge in [-0.15, -0.1) is 0 Å². The van der Waals surface area contributed by atoms with Crippen LogP contribution in [0.25, 0.3) is 0 Å². The summed E-state index contributed by atoms with van der Waals surface area (Å²) in [7, 11) is -3.89. The highest BCUT2D eigenvalue weighted by Gasteiger charge is 2.20. The van der Waals surface area contributed by atoms with Gasteiger partial charge in [-0.2, -0.15) is 8.78 Å². The Labute approximate surface area is 206 Å². The number of nitrogens with zero attached hydrogens (tertiary/aromatic N) is 1. The maximum absolute atomic E-state index is 12.8. The Morgan fingerprint density at radius 1 is 1.00 bits per heavy atom. The summed E-state index contributed by atoms with van der Waals surface area (Å²) in [5.74, 6) is -0.155. The molecule has 1 amide bonds. The molecule has 11 heteroatoms. The number of hydrogen-bond acceptors (Lipinski definition) is 5. The molecule has 0 aliphatic heterocycles. The van der Waals surface area contributed by atoms with E-state index < -0.39 is 28.6 Å². The van der Waals surface area contributed by atoms with Crippen LogP contribution in [0.2, 0.25) is 5.02 Å².